The Morgan fingerprint density at radius 3 is 2.49 bits per heavy atom. The van der Waals surface area contributed by atoms with E-state index >= 15 is 4.39 Å². The molecule has 2 aromatic heterocycles. The molecule has 35 heavy (non-hydrogen) atoms. The van der Waals surface area contributed by atoms with Crippen LogP contribution >= 0.6 is 11.6 Å². The van der Waals surface area contributed by atoms with Gasteiger partial charge in [0, 0.05) is 24.7 Å². The summed E-state index contributed by atoms with van der Waals surface area (Å²) in [6.45, 7) is 3.56. The van der Waals surface area contributed by atoms with Crippen LogP contribution in [0.4, 0.5) is 23.2 Å². The molecule has 3 heterocycles. The number of nitrogens with zero attached hydrogens (tertiary/aromatic N) is 3. The molecule has 3 aromatic rings. The fourth-order valence-electron chi connectivity index (χ4n) is 2.70. The van der Waals surface area contributed by atoms with Crippen molar-refractivity contribution in [1.82, 2.24) is 15.6 Å². The van der Waals surface area contributed by atoms with E-state index in [1.54, 1.807) is 31.3 Å². The van der Waals surface area contributed by atoms with Gasteiger partial charge in [-0.1, -0.05) is 22.8 Å². The van der Waals surface area contributed by atoms with Crippen molar-refractivity contribution >= 4 is 28.8 Å². The Hall–Kier alpha value is -4.04. The minimum atomic E-state index is -2.17. The highest BCUT2D eigenvalue weighted by molar-refractivity contribution is 6.33. The number of carboxylic acid groups (broad SMARTS) is 1. The van der Waals surface area contributed by atoms with Gasteiger partial charge in [0.2, 0.25) is 12.4 Å². The number of halogens is 5. The largest absolute Gasteiger partial charge is 0.481 e. The summed E-state index contributed by atoms with van der Waals surface area (Å²) in [5, 5.41) is 12.6. The maximum atomic E-state index is 15.1. The van der Waals surface area contributed by atoms with Gasteiger partial charge in [-0.15, -0.1) is 0 Å². The molecule has 0 unspecified atom stereocenters. The third-order valence-electron chi connectivity index (χ3n) is 4.01. The first-order valence-electron chi connectivity index (χ1n) is 9.79. The van der Waals surface area contributed by atoms with Crippen molar-refractivity contribution in [2.75, 3.05) is 5.01 Å². The summed E-state index contributed by atoms with van der Waals surface area (Å²) in [5.41, 5.74) is 3.78. The van der Waals surface area contributed by atoms with Crippen LogP contribution in [0.2, 0.25) is 5.02 Å². The molecule has 0 aliphatic carbocycles. The molecule has 1 aliphatic rings. The maximum absolute atomic E-state index is 15.1. The lowest BCUT2D eigenvalue weighted by Crippen LogP contribution is -2.35. The number of aliphatic carboxylic acids is 1. The predicted molar refractivity (Wildman–Crippen MR) is 122 cm³/mol. The van der Waals surface area contributed by atoms with Gasteiger partial charge >= 0.3 is 0 Å². The van der Waals surface area contributed by atoms with Gasteiger partial charge < -0.3 is 9.63 Å². The quantitative estimate of drug-likeness (QED) is 0.260. The van der Waals surface area contributed by atoms with E-state index in [4.69, 9.17) is 26.0 Å². The van der Waals surface area contributed by atoms with Crippen LogP contribution in [0.25, 0.3) is 16.8 Å². The topological polar surface area (TPSA) is 91.5 Å². The average Bonchev–Trinajstić information content (AvgIpc) is 3.14. The summed E-state index contributed by atoms with van der Waals surface area (Å²) < 4.78 is 55.3. The second-order valence-electron chi connectivity index (χ2n) is 6.69. The molecular weight excluding hydrogens is 492 g/mol. The molecule has 2 N–H and O–H groups in total. The summed E-state index contributed by atoms with van der Waals surface area (Å²) in [7, 11) is 0. The lowest BCUT2D eigenvalue weighted by atomic mass is 10.0. The van der Waals surface area contributed by atoms with Gasteiger partial charge in [0.05, 0.1) is 22.5 Å². The number of carbonyl (C=O) groups is 1. The SMILES string of the molecule is CC(=O)O.CC(F)F.Cc1c(-c2c(F)cccc2Cl)noc1C1=C(F)N(c2cccnc2)NC#C1. The lowest BCUT2D eigenvalue weighted by Gasteiger charge is -2.23. The van der Waals surface area contributed by atoms with E-state index in [1.807, 2.05) is 0 Å². The smallest absolute Gasteiger partial charge is 0.300 e. The number of benzene rings is 1. The van der Waals surface area contributed by atoms with Crippen molar-refractivity contribution in [3.8, 4) is 23.2 Å². The van der Waals surface area contributed by atoms with Crippen LogP contribution in [0, 0.1) is 24.7 Å². The van der Waals surface area contributed by atoms with Crippen LogP contribution in [0.15, 0.2) is 53.2 Å². The Kier molecular flexibility index (Phi) is 9.66. The van der Waals surface area contributed by atoms with E-state index in [1.165, 1.54) is 18.3 Å². The van der Waals surface area contributed by atoms with Crippen molar-refractivity contribution in [3.63, 3.8) is 0 Å². The Morgan fingerprint density at radius 1 is 1.26 bits per heavy atom. The van der Waals surface area contributed by atoms with E-state index in [2.05, 4.69) is 27.5 Å². The predicted octanol–water partition coefficient (Wildman–Crippen LogP) is 5.82. The zero-order valence-corrected chi connectivity index (χ0v) is 19.4. The number of hydrogen-bond donors (Lipinski definition) is 2. The molecular formula is C23H19ClF4N4O3. The molecule has 7 nitrogen and oxygen atoms in total. The summed E-state index contributed by atoms with van der Waals surface area (Å²) >= 11 is 6.10. The molecule has 0 saturated carbocycles. The Morgan fingerprint density at radius 2 is 1.91 bits per heavy atom. The lowest BCUT2D eigenvalue weighted by molar-refractivity contribution is -0.134. The van der Waals surface area contributed by atoms with Gasteiger partial charge in [-0.25, -0.2) is 23.6 Å². The average molecular weight is 511 g/mol. The first kappa shape index (κ1) is 27.2. The molecule has 0 atom stereocenters. The Balaban J connectivity index is 0.000000473. The second-order valence-corrected chi connectivity index (χ2v) is 7.10. The fraction of sp³-hybridized carbons (Fsp3) is 0.174. The number of pyridine rings is 1. The van der Waals surface area contributed by atoms with Gasteiger partial charge in [-0.05, 0) is 44.0 Å². The summed E-state index contributed by atoms with van der Waals surface area (Å²) in [5.74, 6) is 0.673. The van der Waals surface area contributed by atoms with Crippen LogP contribution in [0.1, 0.15) is 25.2 Å². The maximum Gasteiger partial charge on any atom is 0.300 e. The number of rotatable bonds is 3. The zero-order valence-electron chi connectivity index (χ0n) is 18.6. The van der Waals surface area contributed by atoms with Gasteiger partial charge in [0.1, 0.15) is 17.1 Å². The number of carboxylic acids is 1. The first-order chi connectivity index (χ1) is 16.5. The fourth-order valence-corrected chi connectivity index (χ4v) is 2.95. The van der Waals surface area contributed by atoms with Gasteiger partial charge in [-0.3, -0.25) is 9.78 Å². The van der Waals surface area contributed by atoms with Crippen LogP contribution in [0.5, 0.6) is 0 Å². The van der Waals surface area contributed by atoms with Crippen LogP contribution in [-0.2, 0) is 4.79 Å². The molecule has 4 rings (SSSR count). The van der Waals surface area contributed by atoms with Crippen molar-refractivity contribution in [3.05, 3.63) is 70.8 Å². The van der Waals surface area contributed by atoms with Gasteiger partial charge in [0.15, 0.2) is 5.76 Å². The number of allylic oxidation sites excluding steroid dienone is 1. The molecule has 184 valence electrons. The third kappa shape index (κ3) is 7.22. The van der Waals surface area contributed by atoms with Gasteiger partial charge in [-0.2, -0.15) is 4.39 Å². The highest BCUT2D eigenvalue weighted by Gasteiger charge is 2.27. The number of alkyl halides is 2. The summed E-state index contributed by atoms with van der Waals surface area (Å²) in [6, 6.07) is 10.3. The van der Waals surface area contributed by atoms with Crippen LogP contribution in [0.3, 0.4) is 0 Å². The minimum Gasteiger partial charge on any atom is -0.481 e. The molecule has 1 aliphatic heterocycles. The summed E-state index contributed by atoms with van der Waals surface area (Å²) in [6.07, 6.45) is 0.891. The monoisotopic (exact) mass is 510 g/mol. The standard InChI is InChI=1S/C19H11ClF2N4O.C2H4F2.C2H4O2/c1-11-17(16-14(20)5-2-6-15(16)21)25-27-18(11)13-7-9-24-26(19(13)22)12-4-3-8-23-10-12;2*1-2(3)4/h2-6,8,10,24H,1H3;2H,1H3;1H3,(H,3,4). The Bertz CT molecular complexity index is 1240. The molecule has 0 amide bonds. The molecule has 0 saturated heterocycles. The zero-order chi connectivity index (χ0) is 26.1. The van der Waals surface area contributed by atoms with E-state index in [0.29, 0.717) is 11.3 Å². The minimum absolute atomic E-state index is 0.0127. The number of anilines is 1. The normalized spacial score (nSPS) is 12.0. The molecule has 0 radical (unpaired) electrons. The van der Waals surface area contributed by atoms with E-state index in [0.717, 1.165) is 18.9 Å². The van der Waals surface area contributed by atoms with Crippen LogP contribution < -0.4 is 10.4 Å². The molecule has 1 aromatic carbocycles. The number of hydrazine groups is 1. The Labute approximate surface area is 203 Å². The molecule has 0 fully saturated rings. The third-order valence-corrected chi connectivity index (χ3v) is 4.33. The molecule has 0 spiro atoms. The van der Waals surface area contributed by atoms with Crippen molar-refractivity contribution in [1.29, 1.82) is 0 Å². The van der Waals surface area contributed by atoms with E-state index in [-0.39, 0.29) is 27.6 Å². The number of nitrogens with one attached hydrogen (secondary N) is 1. The van der Waals surface area contributed by atoms with Crippen LogP contribution in [-0.4, -0.2) is 27.6 Å². The summed E-state index contributed by atoms with van der Waals surface area (Å²) in [4.78, 5) is 13.0. The van der Waals surface area contributed by atoms with Crippen molar-refractivity contribution < 1.29 is 32.0 Å². The van der Waals surface area contributed by atoms with Crippen molar-refractivity contribution in [2.24, 2.45) is 0 Å². The van der Waals surface area contributed by atoms with E-state index in [9.17, 15) is 13.2 Å². The number of hydrogen-bond acceptors (Lipinski definition) is 6. The molecule has 0 bridgehead atoms. The number of aromatic nitrogens is 2. The van der Waals surface area contributed by atoms with E-state index < -0.39 is 24.2 Å². The highest BCUT2D eigenvalue weighted by Crippen LogP contribution is 2.36. The molecule has 12 heteroatoms. The first-order valence-corrected chi connectivity index (χ1v) is 10.2. The van der Waals surface area contributed by atoms with Crippen molar-refractivity contribution in [2.45, 2.75) is 27.2 Å². The second kappa shape index (κ2) is 12.4. The van der Waals surface area contributed by atoms with Gasteiger partial charge in [0.25, 0.3) is 5.97 Å². The highest BCUT2D eigenvalue weighted by atomic mass is 35.5.